The molecule has 11 rings (SSSR count). The molecule has 2 heterocycles. The molecule has 0 atom stereocenters. The molecule has 0 aliphatic rings. The third kappa shape index (κ3) is 5.51. The summed E-state index contributed by atoms with van der Waals surface area (Å²) >= 11 is 3.75. The van der Waals surface area contributed by atoms with Crippen LogP contribution in [0.3, 0.4) is 0 Å². The third-order valence-electron chi connectivity index (χ3n) is 10.9. The van der Waals surface area contributed by atoms with Gasteiger partial charge in [-0.2, -0.15) is 0 Å². The van der Waals surface area contributed by atoms with Crippen LogP contribution < -0.4 is 4.90 Å². The second kappa shape index (κ2) is 13.1. The SMILES string of the molecule is c1ccc(-c2ccc(N(c3ccc(-c4ccc5ccccc5c4)cc3)c3ccc4c(c3)sc3ccccc34)cc2-c2cccc3c2sc2ccccc23)cc1. The second-order valence-electron chi connectivity index (χ2n) is 14.1. The number of benzene rings is 9. The first kappa shape index (κ1) is 32.0. The van der Waals surface area contributed by atoms with E-state index in [0.717, 1.165) is 17.1 Å². The summed E-state index contributed by atoms with van der Waals surface area (Å²) in [4.78, 5) is 2.43. The van der Waals surface area contributed by atoms with Crippen LogP contribution in [0.2, 0.25) is 0 Å². The largest absolute Gasteiger partial charge is 0.310 e. The van der Waals surface area contributed by atoms with Crippen LogP contribution in [0.25, 0.3) is 84.5 Å². The van der Waals surface area contributed by atoms with E-state index in [4.69, 9.17) is 0 Å². The first-order chi connectivity index (χ1) is 27.2. The first-order valence-corrected chi connectivity index (χ1v) is 20.3. The molecule has 0 saturated heterocycles. The molecule has 0 aliphatic carbocycles. The molecule has 0 radical (unpaired) electrons. The van der Waals surface area contributed by atoms with Gasteiger partial charge in [0.25, 0.3) is 0 Å². The van der Waals surface area contributed by atoms with E-state index in [9.17, 15) is 0 Å². The van der Waals surface area contributed by atoms with E-state index in [1.807, 2.05) is 22.7 Å². The zero-order chi connectivity index (χ0) is 36.3. The lowest BCUT2D eigenvalue weighted by Gasteiger charge is -2.27. The predicted molar refractivity (Wildman–Crippen MR) is 241 cm³/mol. The minimum absolute atomic E-state index is 1.11. The van der Waals surface area contributed by atoms with Crippen molar-refractivity contribution < 1.29 is 0 Å². The van der Waals surface area contributed by atoms with Crippen molar-refractivity contribution in [1.82, 2.24) is 0 Å². The summed E-state index contributed by atoms with van der Waals surface area (Å²) in [6.45, 7) is 0. The number of thiophene rings is 2. The molecule has 258 valence electrons. The normalized spacial score (nSPS) is 11.6. The summed E-state index contributed by atoms with van der Waals surface area (Å²) in [7, 11) is 0. The Kier molecular flexibility index (Phi) is 7.61. The molecule has 0 N–H and O–H groups in total. The van der Waals surface area contributed by atoms with E-state index in [1.165, 1.54) is 84.5 Å². The highest BCUT2D eigenvalue weighted by molar-refractivity contribution is 7.26. The highest BCUT2D eigenvalue weighted by atomic mass is 32.1. The summed E-state index contributed by atoms with van der Waals surface area (Å²) in [6, 6.07) is 73.5. The Morgan fingerprint density at radius 2 is 0.909 bits per heavy atom. The van der Waals surface area contributed by atoms with Gasteiger partial charge < -0.3 is 4.90 Å². The molecule has 0 aliphatic heterocycles. The van der Waals surface area contributed by atoms with Gasteiger partial charge in [-0.15, -0.1) is 22.7 Å². The number of anilines is 3. The van der Waals surface area contributed by atoms with Gasteiger partial charge in [-0.25, -0.2) is 0 Å². The van der Waals surface area contributed by atoms with Crippen LogP contribution in [0.15, 0.2) is 200 Å². The number of fused-ring (bicyclic) bond motifs is 7. The third-order valence-corrected chi connectivity index (χ3v) is 13.2. The summed E-state index contributed by atoms with van der Waals surface area (Å²) in [5, 5.41) is 7.73. The van der Waals surface area contributed by atoms with Crippen LogP contribution in [-0.4, -0.2) is 0 Å². The maximum atomic E-state index is 2.43. The van der Waals surface area contributed by atoms with Gasteiger partial charge in [0.1, 0.15) is 0 Å². The number of hydrogen-bond acceptors (Lipinski definition) is 3. The van der Waals surface area contributed by atoms with Crippen molar-refractivity contribution in [3.63, 3.8) is 0 Å². The van der Waals surface area contributed by atoms with Gasteiger partial charge in [-0.05, 0) is 93.2 Å². The Balaban J connectivity index is 1.12. The molecule has 11 aromatic rings. The Bertz CT molecular complexity index is 3210. The minimum atomic E-state index is 1.11. The lowest BCUT2D eigenvalue weighted by Crippen LogP contribution is -2.10. The Morgan fingerprint density at radius 3 is 1.75 bits per heavy atom. The average Bonchev–Trinajstić information content (AvgIpc) is 3.82. The predicted octanol–water partition coefficient (Wildman–Crippen LogP) is 16.0. The molecular weight excluding hydrogens is 703 g/mol. The van der Waals surface area contributed by atoms with Crippen molar-refractivity contribution in [1.29, 1.82) is 0 Å². The van der Waals surface area contributed by atoms with Crippen LogP contribution in [0.4, 0.5) is 17.1 Å². The maximum absolute atomic E-state index is 2.43. The molecule has 0 spiro atoms. The quantitative estimate of drug-likeness (QED) is 0.164. The van der Waals surface area contributed by atoms with Crippen molar-refractivity contribution >= 4 is 90.9 Å². The van der Waals surface area contributed by atoms with Crippen LogP contribution in [-0.2, 0) is 0 Å². The Hall–Kier alpha value is -6.52. The summed E-state index contributed by atoms with van der Waals surface area (Å²) < 4.78 is 5.22. The molecule has 1 nitrogen and oxygen atoms in total. The summed E-state index contributed by atoms with van der Waals surface area (Å²) in [6.07, 6.45) is 0. The smallest absolute Gasteiger partial charge is 0.0476 e. The van der Waals surface area contributed by atoms with Gasteiger partial charge in [0.2, 0.25) is 0 Å². The lowest BCUT2D eigenvalue weighted by molar-refractivity contribution is 1.29. The molecule has 55 heavy (non-hydrogen) atoms. The summed E-state index contributed by atoms with van der Waals surface area (Å²) in [5.74, 6) is 0. The lowest BCUT2D eigenvalue weighted by atomic mass is 9.92. The molecular formula is C52H33NS2. The van der Waals surface area contributed by atoms with E-state index in [1.54, 1.807) is 0 Å². The van der Waals surface area contributed by atoms with Crippen LogP contribution in [0.1, 0.15) is 0 Å². The Morgan fingerprint density at radius 1 is 0.291 bits per heavy atom. The number of hydrogen-bond donors (Lipinski definition) is 0. The highest BCUT2D eigenvalue weighted by Crippen LogP contribution is 2.47. The summed E-state index contributed by atoms with van der Waals surface area (Å²) in [5.41, 5.74) is 10.7. The second-order valence-corrected chi connectivity index (χ2v) is 16.2. The number of nitrogens with zero attached hydrogens (tertiary/aromatic N) is 1. The molecule has 0 saturated carbocycles. The van der Waals surface area contributed by atoms with Crippen molar-refractivity contribution in [2.24, 2.45) is 0 Å². The van der Waals surface area contributed by atoms with Crippen molar-refractivity contribution in [3.05, 3.63) is 200 Å². The fourth-order valence-corrected chi connectivity index (χ4v) is 10.6. The molecule has 0 amide bonds. The van der Waals surface area contributed by atoms with E-state index < -0.39 is 0 Å². The van der Waals surface area contributed by atoms with E-state index >= 15 is 0 Å². The zero-order valence-corrected chi connectivity index (χ0v) is 31.4. The fourth-order valence-electron chi connectivity index (χ4n) is 8.20. The van der Waals surface area contributed by atoms with E-state index in [0.29, 0.717) is 0 Å². The highest BCUT2D eigenvalue weighted by Gasteiger charge is 2.20. The van der Waals surface area contributed by atoms with Gasteiger partial charge in [0, 0.05) is 63.0 Å². The monoisotopic (exact) mass is 735 g/mol. The maximum Gasteiger partial charge on any atom is 0.0476 e. The van der Waals surface area contributed by atoms with Crippen molar-refractivity contribution in [2.45, 2.75) is 0 Å². The standard InChI is InChI=1S/C52H33NS2/c1-2-12-36(13-3-1)42-29-27-40(32-48(42)47-18-10-17-46-44-16-7-9-20-50(44)55-52(46)47)53(41-28-30-45-43-15-6-8-19-49(43)54-51(45)33-41)39-25-23-35(24-26-39)38-22-21-34-11-4-5-14-37(34)31-38/h1-33H. The number of rotatable bonds is 6. The molecule has 0 fully saturated rings. The molecule has 0 bridgehead atoms. The van der Waals surface area contributed by atoms with Crippen LogP contribution >= 0.6 is 22.7 Å². The van der Waals surface area contributed by atoms with E-state index in [2.05, 4.69) is 205 Å². The minimum Gasteiger partial charge on any atom is -0.310 e. The van der Waals surface area contributed by atoms with Gasteiger partial charge in [0.05, 0.1) is 0 Å². The van der Waals surface area contributed by atoms with Crippen molar-refractivity contribution in [2.75, 3.05) is 4.90 Å². The molecule has 0 unspecified atom stereocenters. The van der Waals surface area contributed by atoms with Crippen LogP contribution in [0, 0.1) is 0 Å². The van der Waals surface area contributed by atoms with Crippen molar-refractivity contribution in [3.8, 4) is 33.4 Å². The average molecular weight is 736 g/mol. The molecule has 3 heteroatoms. The zero-order valence-electron chi connectivity index (χ0n) is 29.8. The first-order valence-electron chi connectivity index (χ1n) is 18.7. The molecule has 9 aromatic carbocycles. The topological polar surface area (TPSA) is 3.24 Å². The van der Waals surface area contributed by atoms with E-state index in [-0.39, 0.29) is 0 Å². The molecule has 2 aromatic heterocycles. The van der Waals surface area contributed by atoms with Gasteiger partial charge in [-0.1, -0.05) is 146 Å². The van der Waals surface area contributed by atoms with Gasteiger partial charge >= 0.3 is 0 Å². The van der Waals surface area contributed by atoms with Gasteiger partial charge in [0.15, 0.2) is 0 Å². The fraction of sp³-hybridized carbons (Fsp3) is 0. The Labute approximate surface area is 327 Å². The van der Waals surface area contributed by atoms with Crippen LogP contribution in [0.5, 0.6) is 0 Å². The van der Waals surface area contributed by atoms with Gasteiger partial charge in [-0.3, -0.25) is 0 Å².